The molecule has 0 aliphatic rings. The van der Waals surface area contributed by atoms with Crippen LogP contribution >= 0.6 is 15.9 Å². The molecule has 0 radical (unpaired) electrons. The summed E-state index contributed by atoms with van der Waals surface area (Å²) in [4.78, 5) is 12.1. The number of hydrogen-bond acceptors (Lipinski definition) is 4. The van der Waals surface area contributed by atoms with Crippen LogP contribution in [0.25, 0.3) is 0 Å². The molecule has 0 fully saturated rings. The third kappa shape index (κ3) is 2.85. The minimum atomic E-state index is -0.367. The molecule has 0 aliphatic heterocycles. The molecule has 0 atom stereocenters. The van der Waals surface area contributed by atoms with Crippen LogP contribution in [0.2, 0.25) is 0 Å². The number of carbonyl (C=O) groups excluding carboxylic acids is 1. The average molecular weight is 338 g/mol. The lowest BCUT2D eigenvalue weighted by Crippen LogP contribution is -2.10. The van der Waals surface area contributed by atoms with Gasteiger partial charge in [0.1, 0.15) is 6.61 Å². The SMILES string of the molecule is Cc1cc(N)ccc1C(=O)OCc1c(Br)c(C)nn1C. The van der Waals surface area contributed by atoms with E-state index in [1.807, 2.05) is 20.9 Å². The van der Waals surface area contributed by atoms with Crippen molar-refractivity contribution < 1.29 is 9.53 Å². The number of carbonyl (C=O) groups is 1. The van der Waals surface area contributed by atoms with Crippen LogP contribution in [0.4, 0.5) is 5.69 Å². The first-order chi connectivity index (χ1) is 9.40. The number of rotatable bonds is 3. The molecule has 1 heterocycles. The maximum atomic E-state index is 12.1. The summed E-state index contributed by atoms with van der Waals surface area (Å²) in [7, 11) is 1.81. The molecule has 6 heteroatoms. The molecule has 1 aromatic heterocycles. The van der Waals surface area contributed by atoms with Gasteiger partial charge >= 0.3 is 5.97 Å². The molecular formula is C14H16BrN3O2. The van der Waals surface area contributed by atoms with E-state index in [0.29, 0.717) is 11.3 Å². The molecule has 0 unspecified atom stereocenters. The standard InChI is InChI=1S/C14H16BrN3O2/c1-8-6-10(16)4-5-11(8)14(19)20-7-12-13(15)9(2)17-18(12)3/h4-6H,7,16H2,1-3H3. The van der Waals surface area contributed by atoms with Crippen LogP contribution in [0.3, 0.4) is 0 Å². The molecule has 106 valence electrons. The molecule has 1 aromatic carbocycles. The van der Waals surface area contributed by atoms with E-state index >= 15 is 0 Å². The van der Waals surface area contributed by atoms with Crippen molar-refractivity contribution in [1.29, 1.82) is 0 Å². The zero-order chi connectivity index (χ0) is 14.9. The van der Waals surface area contributed by atoms with E-state index in [9.17, 15) is 4.79 Å². The summed E-state index contributed by atoms with van der Waals surface area (Å²) >= 11 is 3.44. The van der Waals surface area contributed by atoms with Crippen molar-refractivity contribution in [2.24, 2.45) is 7.05 Å². The van der Waals surface area contributed by atoms with Crippen molar-refractivity contribution >= 4 is 27.6 Å². The molecule has 2 aromatic rings. The van der Waals surface area contributed by atoms with Crippen molar-refractivity contribution in [2.45, 2.75) is 20.5 Å². The molecule has 2 rings (SSSR count). The van der Waals surface area contributed by atoms with Gasteiger partial charge in [-0.25, -0.2) is 4.79 Å². The Bertz CT molecular complexity index is 665. The van der Waals surface area contributed by atoms with Crippen LogP contribution < -0.4 is 5.73 Å². The Morgan fingerprint density at radius 3 is 2.70 bits per heavy atom. The van der Waals surface area contributed by atoms with E-state index in [0.717, 1.165) is 21.4 Å². The maximum Gasteiger partial charge on any atom is 0.338 e. The molecule has 2 N–H and O–H groups in total. The van der Waals surface area contributed by atoms with Crippen molar-refractivity contribution in [1.82, 2.24) is 9.78 Å². The Labute approximate surface area is 125 Å². The summed E-state index contributed by atoms with van der Waals surface area (Å²) in [5.41, 5.74) is 9.30. The van der Waals surface area contributed by atoms with E-state index in [-0.39, 0.29) is 12.6 Å². The quantitative estimate of drug-likeness (QED) is 0.690. The Morgan fingerprint density at radius 1 is 1.45 bits per heavy atom. The van der Waals surface area contributed by atoms with Crippen molar-refractivity contribution in [3.05, 3.63) is 45.2 Å². The molecule has 0 aliphatic carbocycles. The van der Waals surface area contributed by atoms with E-state index in [4.69, 9.17) is 10.5 Å². The number of nitrogens with zero attached hydrogens (tertiary/aromatic N) is 2. The van der Waals surface area contributed by atoms with Gasteiger partial charge in [0.2, 0.25) is 0 Å². The number of nitrogen functional groups attached to an aromatic ring is 1. The van der Waals surface area contributed by atoms with Gasteiger partial charge in [-0.1, -0.05) is 0 Å². The second-order valence-corrected chi connectivity index (χ2v) is 5.41. The highest BCUT2D eigenvalue weighted by Crippen LogP contribution is 2.21. The number of benzene rings is 1. The van der Waals surface area contributed by atoms with Gasteiger partial charge in [-0.3, -0.25) is 4.68 Å². The summed E-state index contributed by atoms with van der Waals surface area (Å²) in [6, 6.07) is 5.12. The van der Waals surface area contributed by atoms with Gasteiger partial charge in [-0.05, 0) is 53.5 Å². The normalized spacial score (nSPS) is 10.6. The Morgan fingerprint density at radius 2 is 2.15 bits per heavy atom. The maximum absolute atomic E-state index is 12.1. The van der Waals surface area contributed by atoms with Gasteiger partial charge in [0.25, 0.3) is 0 Å². The Balaban J connectivity index is 2.12. The lowest BCUT2D eigenvalue weighted by molar-refractivity contribution is 0.0462. The van der Waals surface area contributed by atoms with Gasteiger partial charge in [0.15, 0.2) is 0 Å². The molecule has 0 spiro atoms. The van der Waals surface area contributed by atoms with E-state index < -0.39 is 0 Å². The number of aromatic nitrogens is 2. The predicted octanol–water partition coefficient (Wildman–Crippen LogP) is 2.74. The van der Waals surface area contributed by atoms with Crippen LogP contribution in [-0.2, 0) is 18.4 Å². The predicted molar refractivity (Wildman–Crippen MR) is 80.4 cm³/mol. The first kappa shape index (κ1) is 14.6. The van der Waals surface area contributed by atoms with E-state index in [1.54, 1.807) is 22.9 Å². The van der Waals surface area contributed by atoms with Crippen molar-refractivity contribution in [3.63, 3.8) is 0 Å². The number of aryl methyl sites for hydroxylation is 3. The number of nitrogens with two attached hydrogens (primary N) is 1. The summed E-state index contributed by atoms with van der Waals surface area (Å²) in [5, 5.41) is 4.25. The average Bonchev–Trinajstić information content (AvgIpc) is 2.61. The Kier molecular flexibility index (Phi) is 4.13. The summed E-state index contributed by atoms with van der Waals surface area (Å²) < 4.78 is 7.90. The number of ether oxygens (including phenoxy) is 1. The number of esters is 1. The zero-order valence-electron chi connectivity index (χ0n) is 11.6. The fraction of sp³-hybridized carbons (Fsp3) is 0.286. The van der Waals surface area contributed by atoms with E-state index in [1.165, 1.54) is 0 Å². The second kappa shape index (κ2) is 5.66. The smallest absolute Gasteiger partial charge is 0.338 e. The molecule has 5 nitrogen and oxygen atoms in total. The van der Waals surface area contributed by atoms with Gasteiger partial charge < -0.3 is 10.5 Å². The largest absolute Gasteiger partial charge is 0.456 e. The fourth-order valence-corrected chi connectivity index (χ4v) is 2.41. The van der Waals surface area contributed by atoms with Crippen molar-refractivity contribution in [2.75, 3.05) is 5.73 Å². The van der Waals surface area contributed by atoms with E-state index in [2.05, 4.69) is 21.0 Å². The molecule has 20 heavy (non-hydrogen) atoms. The first-order valence-electron chi connectivity index (χ1n) is 6.11. The van der Waals surface area contributed by atoms with Crippen LogP contribution in [0.15, 0.2) is 22.7 Å². The molecule has 0 amide bonds. The highest BCUT2D eigenvalue weighted by Gasteiger charge is 2.15. The second-order valence-electron chi connectivity index (χ2n) is 4.62. The number of anilines is 1. The molecular weight excluding hydrogens is 322 g/mol. The highest BCUT2D eigenvalue weighted by atomic mass is 79.9. The lowest BCUT2D eigenvalue weighted by Gasteiger charge is -2.08. The van der Waals surface area contributed by atoms with Crippen LogP contribution in [0.1, 0.15) is 27.3 Å². The molecule has 0 bridgehead atoms. The first-order valence-corrected chi connectivity index (χ1v) is 6.90. The van der Waals surface area contributed by atoms with Crippen LogP contribution in [0.5, 0.6) is 0 Å². The minimum Gasteiger partial charge on any atom is -0.456 e. The van der Waals surface area contributed by atoms with Gasteiger partial charge in [0, 0.05) is 12.7 Å². The monoisotopic (exact) mass is 337 g/mol. The van der Waals surface area contributed by atoms with Gasteiger partial charge in [0.05, 0.1) is 21.4 Å². The van der Waals surface area contributed by atoms with Crippen molar-refractivity contribution in [3.8, 4) is 0 Å². The highest BCUT2D eigenvalue weighted by molar-refractivity contribution is 9.10. The minimum absolute atomic E-state index is 0.167. The fourth-order valence-electron chi connectivity index (χ4n) is 1.96. The van der Waals surface area contributed by atoms with Gasteiger partial charge in [-0.2, -0.15) is 5.10 Å². The molecule has 0 saturated carbocycles. The van der Waals surface area contributed by atoms with Crippen LogP contribution in [0, 0.1) is 13.8 Å². The lowest BCUT2D eigenvalue weighted by atomic mass is 10.1. The number of halogens is 1. The van der Waals surface area contributed by atoms with Crippen LogP contribution in [-0.4, -0.2) is 15.7 Å². The van der Waals surface area contributed by atoms with Gasteiger partial charge in [-0.15, -0.1) is 0 Å². The summed E-state index contributed by atoms with van der Waals surface area (Å²) in [5.74, 6) is -0.367. The number of hydrogen-bond donors (Lipinski definition) is 1. The third-order valence-corrected chi connectivity index (χ3v) is 4.10. The summed E-state index contributed by atoms with van der Waals surface area (Å²) in [6.45, 7) is 3.89. The molecule has 0 saturated heterocycles. The zero-order valence-corrected chi connectivity index (χ0v) is 13.2. The third-order valence-electron chi connectivity index (χ3n) is 3.07. The summed E-state index contributed by atoms with van der Waals surface area (Å²) in [6.07, 6.45) is 0. The Hall–Kier alpha value is -1.82. The topological polar surface area (TPSA) is 70.1 Å².